The molecule has 0 heterocycles. The Morgan fingerprint density at radius 2 is 2.11 bits per heavy atom. The molecule has 1 unspecified atom stereocenters. The lowest BCUT2D eigenvalue weighted by Crippen LogP contribution is -2.26. The molecule has 1 atom stereocenters. The van der Waals surface area contributed by atoms with Crippen molar-refractivity contribution in [2.75, 3.05) is 25.5 Å². The number of aliphatic hydroxyl groups is 1. The highest BCUT2D eigenvalue weighted by atomic mass is 79.9. The number of hydrogen-bond donors (Lipinski definition) is 2. The molecule has 0 aliphatic carbocycles. The third-order valence-electron chi connectivity index (χ3n) is 2.80. The number of carbonyl (C=O) groups is 1. The van der Waals surface area contributed by atoms with Crippen molar-refractivity contribution in [1.82, 2.24) is 4.90 Å². The van der Waals surface area contributed by atoms with Gasteiger partial charge in [-0.15, -0.1) is 0 Å². The normalized spacial score (nSPS) is 12.5. The quantitative estimate of drug-likeness (QED) is 0.808. The minimum atomic E-state index is -0.295. The zero-order valence-corrected chi connectivity index (χ0v) is 13.0. The molecule has 0 saturated heterocycles. The third-order valence-corrected chi connectivity index (χ3v) is 3.49. The van der Waals surface area contributed by atoms with Crippen molar-refractivity contribution in [3.63, 3.8) is 0 Å². The van der Waals surface area contributed by atoms with Crippen LogP contribution in [0, 0.1) is 0 Å². The Hall–Kier alpha value is -0.910. The molecule has 0 aliphatic heterocycles. The molecule has 0 spiro atoms. The lowest BCUT2D eigenvalue weighted by molar-refractivity contribution is -0.116. The van der Waals surface area contributed by atoms with Crippen LogP contribution >= 0.6 is 15.9 Å². The Labute approximate surface area is 122 Å². The topological polar surface area (TPSA) is 52.6 Å². The monoisotopic (exact) mass is 328 g/mol. The second-order valence-corrected chi connectivity index (χ2v) is 5.57. The van der Waals surface area contributed by atoms with Gasteiger partial charge in [-0.25, -0.2) is 0 Å². The molecule has 0 bridgehead atoms. The van der Waals surface area contributed by atoms with Gasteiger partial charge >= 0.3 is 0 Å². The van der Waals surface area contributed by atoms with Gasteiger partial charge in [-0.2, -0.15) is 0 Å². The number of rotatable bonds is 7. The van der Waals surface area contributed by atoms with Crippen molar-refractivity contribution in [2.45, 2.75) is 25.9 Å². The molecule has 0 aliphatic rings. The van der Waals surface area contributed by atoms with Crippen LogP contribution in [0.3, 0.4) is 0 Å². The second kappa shape index (κ2) is 8.30. The molecule has 2 N–H and O–H groups in total. The number of aliphatic hydroxyl groups excluding tert-OH is 1. The molecule has 1 aromatic carbocycles. The van der Waals surface area contributed by atoms with Gasteiger partial charge in [0, 0.05) is 24.0 Å². The van der Waals surface area contributed by atoms with Crippen LogP contribution in [-0.4, -0.2) is 42.2 Å². The summed E-state index contributed by atoms with van der Waals surface area (Å²) in [7, 11) is 1.95. The molecule has 4 nitrogen and oxygen atoms in total. The highest BCUT2D eigenvalue weighted by molar-refractivity contribution is 9.10. The maximum atomic E-state index is 11.8. The molecule has 0 aromatic heterocycles. The summed E-state index contributed by atoms with van der Waals surface area (Å²) in [6.45, 7) is 3.25. The summed E-state index contributed by atoms with van der Waals surface area (Å²) in [5.41, 5.74) is 0.791. The summed E-state index contributed by atoms with van der Waals surface area (Å²) in [5, 5.41) is 12.1. The summed E-state index contributed by atoms with van der Waals surface area (Å²) >= 11 is 3.39. The molecule has 19 heavy (non-hydrogen) atoms. The molecular formula is C14H21BrN2O2. The van der Waals surface area contributed by atoms with Crippen molar-refractivity contribution >= 4 is 27.5 Å². The molecule has 1 amide bonds. The Bertz CT molecular complexity index is 410. The number of nitrogens with zero attached hydrogens (tertiary/aromatic N) is 1. The van der Waals surface area contributed by atoms with Gasteiger partial charge in [0.25, 0.3) is 0 Å². The van der Waals surface area contributed by atoms with Gasteiger partial charge in [0.05, 0.1) is 11.8 Å². The predicted molar refractivity (Wildman–Crippen MR) is 81.2 cm³/mol. The van der Waals surface area contributed by atoms with E-state index in [1.165, 1.54) is 0 Å². The van der Waals surface area contributed by atoms with E-state index in [1.54, 1.807) is 6.92 Å². The number of amides is 1. The lowest BCUT2D eigenvalue weighted by atomic mass is 10.2. The van der Waals surface area contributed by atoms with E-state index in [4.69, 9.17) is 0 Å². The number of benzene rings is 1. The van der Waals surface area contributed by atoms with Crippen molar-refractivity contribution in [3.05, 3.63) is 28.7 Å². The Morgan fingerprint density at radius 3 is 2.74 bits per heavy atom. The van der Waals surface area contributed by atoms with E-state index in [2.05, 4.69) is 21.2 Å². The highest BCUT2D eigenvalue weighted by Crippen LogP contribution is 2.21. The highest BCUT2D eigenvalue weighted by Gasteiger charge is 2.07. The van der Waals surface area contributed by atoms with Crippen LogP contribution < -0.4 is 5.32 Å². The third kappa shape index (κ3) is 6.71. The standard InChI is InChI=1S/C14H21BrN2O2/c1-11(18)7-9-17(2)10-8-14(19)16-13-6-4-3-5-12(13)15/h3-6,11,18H,7-10H2,1-2H3,(H,16,19). The zero-order valence-electron chi connectivity index (χ0n) is 11.4. The van der Waals surface area contributed by atoms with Crippen LogP contribution in [0.5, 0.6) is 0 Å². The van der Waals surface area contributed by atoms with Crippen LogP contribution in [0.4, 0.5) is 5.69 Å². The SMILES string of the molecule is CC(O)CCN(C)CCC(=O)Nc1ccccc1Br. The van der Waals surface area contributed by atoms with E-state index >= 15 is 0 Å². The molecule has 0 saturated carbocycles. The molecular weight excluding hydrogens is 308 g/mol. The molecule has 0 radical (unpaired) electrons. The molecule has 106 valence electrons. The minimum absolute atomic E-state index is 0.00389. The smallest absolute Gasteiger partial charge is 0.225 e. The molecule has 0 fully saturated rings. The van der Waals surface area contributed by atoms with E-state index in [1.807, 2.05) is 36.2 Å². The van der Waals surface area contributed by atoms with Gasteiger partial charge in [0.1, 0.15) is 0 Å². The first-order valence-corrected chi connectivity index (χ1v) is 7.19. The number of anilines is 1. The van der Waals surface area contributed by atoms with Gasteiger partial charge in [0.15, 0.2) is 0 Å². The van der Waals surface area contributed by atoms with Gasteiger partial charge < -0.3 is 15.3 Å². The second-order valence-electron chi connectivity index (χ2n) is 4.72. The minimum Gasteiger partial charge on any atom is -0.393 e. The van der Waals surface area contributed by atoms with Crippen molar-refractivity contribution < 1.29 is 9.90 Å². The molecule has 1 rings (SSSR count). The molecule has 5 heteroatoms. The van der Waals surface area contributed by atoms with Crippen molar-refractivity contribution in [2.24, 2.45) is 0 Å². The Kier molecular flexibility index (Phi) is 7.05. The first kappa shape index (κ1) is 16.1. The summed E-state index contributed by atoms with van der Waals surface area (Å²) in [6.07, 6.45) is 0.872. The summed E-state index contributed by atoms with van der Waals surface area (Å²) < 4.78 is 0.880. The average Bonchev–Trinajstić information content (AvgIpc) is 2.36. The van der Waals surface area contributed by atoms with Gasteiger partial charge in [-0.05, 0) is 48.5 Å². The van der Waals surface area contributed by atoms with Crippen molar-refractivity contribution in [3.8, 4) is 0 Å². The first-order valence-electron chi connectivity index (χ1n) is 6.40. The largest absolute Gasteiger partial charge is 0.393 e. The molecule has 1 aromatic rings. The summed E-state index contributed by atoms with van der Waals surface area (Å²) in [6, 6.07) is 7.54. The lowest BCUT2D eigenvalue weighted by Gasteiger charge is -2.17. The van der Waals surface area contributed by atoms with Crippen LogP contribution in [0.25, 0.3) is 0 Å². The maximum absolute atomic E-state index is 11.8. The fraction of sp³-hybridized carbons (Fsp3) is 0.500. The average molecular weight is 329 g/mol. The number of para-hydroxylation sites is 1. The van der Waals surface area contributed by atoms with Gasteiger partial charge in [-0.3, -0.25) is 4.79 Å². The van der Waals surface area contributed by atoms with E-state index in [0.717, 1.165) is 23.1 Å². The zero-order chi connectivity index (χ0) is 14.3. The maximum Gasteiger partial charge on any atom is 0.225 e. The number of nitrogens with one attached hydrogen (secondary N) is 1. The van der Waals surface area contributed by atoms with E-state index in [0.29, 0.717) is 13.0 Å². The summed E-state index contributed by atoms with van der Waals surface area (Å²) in [4.78, 5) is 13.8. The first-order chi connectivity index (χ1) is 8.99. The fourth-order valence-electron chi connectivity index (χ4n) is 1.59. The summed E-state index contributed by atoms with van der Waals surface area (Å²) in [5.74, 6) is -0.00389. The van der Waals surface area contributed by atoms with Gasteiger partial charge in [0.2, 0.25) is 5.91 Å². The van der Waals surface area contributed by atoms with Crippen LogP contribution in [-0.2, 0) is 4.79 Å². The van der Waals surface area contributed by atoms with Crippen molar-refractivity contribution in [1.29, 1.82) is 0 Å². The number of halogens is 1. The van der Waals surface area contributed by atoms with Crippen LogP contribution in [0.1, 0.15) is 19.8 Å². The van der Waals surface area contributed by atoms with E-state index in [-0.39, 0.29) is 12.0 Å². The Balaban J connectivity index is 2.30. The van der Waals surface area contributed by atoms with E-state index in [9.17, 15) is 9.90 Å². The fourth-order valence-corrected chi connectivity index (χ4v) is 1.97. The van der Waals surface area contributed by atoms with Crippen LogP contribution in [0.15, 0.2) is 28.7 Å². The van der Waals surface area contributed by atoms with Crippen LogP contribution in [0.2, 0.25) is 0 Å². The number of carbonyl (C=O) groups excluding carboxylic acids is 1. The number of hydrogen-bond acceptors (Lipinski definition) is 3. The van der Waals surface area contributed by atoms with E-state index < -0.39 is 0 Å². The van der Waals surface area contributed by atoms with Gasteiger partial charge in [-0.1, -0.05) is 12.1 Å². The Morgan fingerprint density at radius 1 is 1.42 bits per heavy atom. The predicted octanol–water partition coefficient (Wildman–Crippen LogP) is 2.48.